The average molecular weight is 238 g/mol. The molecule has 17 heavy (non-hydrogen) atoms. The maximum Gasteiger partial charge on any atom is 0.104 e. The van der Waals surface area contributed by atoms with Gasteiger partial charge in [0.25, 0.3) is 0 Å². The Morgan fingerprint density at radius 2 is 2.18 bits per heavy atom. The Morgan fingerprint density at radius 3 is 2.71 bits per heavy atom. The van der Waals surface area contributed by atoms with E-state index in [1.54, 1.807) is 0 Å². The van der Waals surface area contributed by atoms with E-state index in [0.29, 0.717) is 12.1 Å². The minimum Gasteiger partial charge on any atom is -0.379 e. The van der Waals surface area contributed by atoms with E-state index >= 15 is 0 Å². The van der Waals surface area contributed by atoms with Crippen molar-refractivity contribution < 1.29 is 4.74 Å². The lowest BCUT2D eigenvalue weighted by Gasteiger charge is -2.23. The van der Waals surface area contributed by atoms with Gasteiger partial charge in [0.1, 0.15) is 5.54 Å². The second-order valence-corrected chi connectivity index (χ2v) is 5.41. The lowest BCUT2D eigenvalue weighted by atomic mass is 9.96. The van der Waals surface area contributed by atoms with Crippen molar-refractivity contribution in [2.45, 2.75) is 77.0 Å². The van der Waals surface area contributed by atoms with Gasteiger partial charge in [-0.15, -0.1) is 0 Å². The van der Waals surface area contributed by atoms with E-state index in [0.717, 1.165) is 32.3 Å². The second kappa shape index (κ2) is 6.98. The number of nitrogens with one attached hydrogen (secondary N) is 1. The quantitative estimate of drug-likeness (QED) is 0.628. The van der Waals surface area contributed by atoms with Crippen molar-refractivity contribution in [1.82, 2.24) is 5.32 Å². The van der Waals surface area contributed by atoms with Gasteiger partial charge in [0.05, 0.1) is 12.2 Å². The lowest BCUT2D eigenvalue weighted by molar-refractivity contribution is 0.0602. The molecule has 1 rings (SSSR count). The molecule has 0 radical (unpaired) electrons. The van der Waals surface area contributed by atoms with Gasteiger partial charge in [-0.2, -0.15) is 5.26 Å². The maximum absolute atomic E-state index is 9.20. The summed E-state index contributed by atoms with van der Waals surface area (Å²) in [6.45, 7) is 7.08. The predicted molar refractivity (Wildman–Crippen MR) is 69.7 cm³/mol. The van der Waals surface area contributed by atoms with Gasteiger partial charge in [-0.05, 0) is 52.4 Å². The summed E-state index contributed by atoms with van der Waals surface area (Å²) in [6.07, 6.45) is 6.92. The predicted octanol–water partition coefficient (Wildman–Crippen LogP) is 3.01. The molecule has 1 N–H and O–H groups in total. The van der Waals surface area contributed by atoms with Crippen LogP contribution in [0.3, 0.4) is 0 Å². The molecular formula is C14H26N2O. The van der Waals surface area contributed by atoms with E-state index in [9.17, 15) is 5.26 Å². The molecule has 3 heteroatoms. The van der Waals surface area contributed by atoms with Crippen molar-refractivity contribution in [3.05, 3.63) is 0 Å². The number of hydrogen-bond acceptors (Lipinski definition) is 3. The van der Waals surface area contributed by atoms with Crippen molar-refractivity contribution in [1.29, 1.82) is 5.26 Å². The number of hydrogen-bond donors (Lipinski definition) is 1. The van der Waals surface area contributed by atoms with E-state index in [1.807, 2.05) is 6.92 Å². The molecule has 0 heterocycles. The van der Waals surface area contributed by atoms with Crippen molar-refractivity contribution in [3.63, 3.8) is 0 Å². The molecule has 1 aliphatic rings. The fraction of sp³-hybridized carbons (Fsp3) is 0.929. The molecule has 0 aromatic carbocycles. The number of ether oxygens (including phenoxy) is 1. The molecule has 2 unspecified atom stereocenters. The highest BCUT2D eigenvalue weighted by atomic mass is 16.5. The van der Waals surface area contributed by atoms with Crippen LogP contribution in [0.15, 0.2) is 0 Å². The van der Waals surface area contributed by atoms with Gasteiger partial charge < -0.3 is 4.74 Å². The molecule has 1 saturated carbocycles. The molecule has 0 spiro atoms. The van der Waals surface area contributed by atoms with Gasteiger partial charge in [0.15, 0.2) is 0 Å². The fourth-order valence-electron chi connectivity index (χ4n) is 1.82. The largest absolute Gasteiger partial charge is 0.379 e. The SMILES string of the molecule is CCC(C)OCCCCC(C)(C#N)NC1CC1. The second-order valence-electron chi connectivity index (χ2n) is 5.41. The number of nitriles is 1. The highest BCUT2D eigenvalue weighted by Crippen LogP contribution is 2.24. The first-order valence-corrected chi connectivity index (χ1v) is 6.90. The molecule has 0 bridgehead atoms. The van der Waals surface area contributed by atoms with Crippen LogP contribution < -0.4 is 5.32 Å². The van der Waals surface area contributed by atoms with Crippen molar-refractivity contribution >= 4 is 0 Å². The Hall–Kier alpha value is -0.590. The third-order valence-corrected chi connectivity index (χ3v) is 3.40. The third-order valence-electron chi connectivity index (χ3n) is 3.40. The molecule has 98 valence electrons. The summed E-state index contributed by atoms with van der Waals surface area (Å²) in [4.78, 5) is 0. The number of unbranched alkanes of at least 4 members (excludes halogenated alkanes) is 1. The summed E-state index contributed by atoms with van der Waals surface area (Å²) in [5.41, 5.74) is -0.336. The average Bonchev–Trinajstić information content (AvgIpc) is 3.12. The van der Waals surface area contributed by atoms with E-state index in [2.05, 4.69) is 25.2 Å². The van der Waals surface area contributed by atoms with Crippen LogP contribution >= 0.6 is 0 Å². The van der Waals surface area contributed by atoms with Crippen LogP contribution in [0.4, 0.5) is 0 Å². The molecule has 2 atom stereocenters. The molecule has 0 saturated heterocycles. The smallest absolute Gasteiger partial charge is 0.104 e. The van der Waals surface area contributed by atoms with Crippen LogP contribution in [-0.2, 0) is 4.74 Å². The Morgan fingerprint density at radius 1 is 1.47 bits per heavy atom. The highest BCUT2D eigenvalue weighted by molar-refractivity contribution is 5.06. The van der Waals surface area contributed by atoms with Crippen LogP contribution in [0.5, 0.6) is 0 Å². The van der Waals surface area contributed by atoms with Crippen molar-refractivity contribution in [3.8, 4) is 6.07 Å². The van der Waals surface area contributed by atoms with Crippen LogP contribution in [0.2, 0.25) is 0 Å². The first kappa shape index (κ1) is 14.5. The number of rotatable bonds is 9. The Kier molecular flexibility index (Phi) is 5.94. The van der Waals surface area contributed by atoms with Gasteiger partial charge in [0.2, 0.25) is 0 Å². The Balaban J connectivity index is 2.09. The first-order chi connectivity index (χ1) is 8.09. The van der Waals surface area contributed by atoms with Gasteiger partial charge in [0, 0.05) is 12.6 Å². The minimum atomic E-state index is -0.336. The molecule has 0 amide bonds. The molecular weight excluding hydrogens is 212 g/mol. The Bertz CT molecular complexity index is 257. The molecule has 1 fully saturated rings. The Labute approximate surface area is 106 Å². The highest BCUT2D eigenvalue weighted by Gasteiger charge is 2.31. The first-order valence-electron chi connectivity index (χ1n) is 6.90. The number of nitrogens with zero attached hydrogens (tertiary/aromatic N) is 1. The monoisotopic (exact) mass is 238 g/mol. The van der Waals surface area contributed by atoms with Crippen molar-refractivity contribution in [2.75, 3.05) is 6.61 Å². The molecule has 0 aromatic rings. The van der Waals surface area contributed by atoms with Gasteiger partial charge in [-0.25, -0.2) is 0 Å². The summed E-state index contributed by atoms with van der Waals surface area (Å²) in [7, 11) is 0. The zero-order valence-electron chi connectivity index (χ0n) is 11.5. The summed E-state index contributed by atoms with van der Waals surface area (Å²) in [5.74, 6) is 0. The summed E-state index contributed by atoms with van der Waals surface area (Å²) in [6, 6.07) is 3.00. The van der Waals surface area contributed by atoms with E-state index < -0.39 is 0 Å². The normalized spacial score (nSPS) is 20.6. The summed E-state index contributed by atoms with van der Waals surface area (Å²) in [5, 5.41) is 12.6. The third kappa shape index (κ3) is 6.05. The molecule has 0 aromatic heterocycles. The van der Waals surface area contributed by atoms with Crippen molar-refractivity contribution in [2.24, 2.45) is 0 Å². The standard InChI is InChI=1S/C14H26N2O/c1-4-12(2)17-10-6-5-9-14(3,11-15)16-13-7-8-13/h12-13,16H,4-10H2,1-3H3. The maximum atomic E-state index is 9.20. The fourth-order valence-corrected chi connectivity index (χ4v) is 1.82. The van der Waals surface area contributed by atoms with E-state index in [-0.39, 0.29) is 5.54 Å². The van der Waals surface area contributed by atoms with E-state index in [4.69, 9.17) is 4.74 Å². The van der Waals surface area contributed by atoms with Gasteiger partial charge in [-0.1, -0.05) is 6.92 Å². The zero-order chi connectivity index (χ0) is 12.7. The van der Waals surface area contributed by atoms with Gasteiger partial charge >= 0.3 is 0 Å². The minimum absolute atomic E-state index is 0.336. The zero-order valence-corrected chi connectivity index (χ0v) is 11.5. The van der Waals surface area contributed by atoms with E-state index in [1.165, 1.54) is 12.8 Å². The topological polar surface area (TPSA) is 45.0 Å². The lowest BCUT2D eigenvalue weighted by Crippen LogP contribution is -2.42. The van der Waals surface area contributed by atoms with Crippen LogP contribution in [-0.4, -0.2) is 24.3 Å². The van der Waals surface area contributed by atoms with Crippen LogP contribution in [0.1, 0.15) is 59.3 Å². The van der Waals surface area contributed by atoms with Gasteiger partial charge in [-0.3, -0.25) is 5.32 Å². The molecule has 3 nitrogen and oxygen atoms in total. The molecule has 0 aliphatic heterocycles. The van der Waals surface area contributed by atoms with Crippen LogP contribution in [0, 0.1) is 11.3 Å². The summed E-state index contributed by atoms with van der Waals surface area (Å²) >= 11 is 0. The molecule has 1 aliphatic carbocycles. The van der Waals surface area contributed by atoms with Crippen LogP contribution in [0.25, 0.3) is 0 Å². The summed E-state index contributed by atoms with van der Waals surface area (Å²) < 4.78 is 5.63.